The summed E-state index contributed by atoms with van der Waals surface area (Å²) in [5.41, 5.74) is 4.91. The molecule has 3 N–H and O–H groups in total. The highest BCUT2D eigenvalue weighted by Gasteiger charge is 2.22. The van der Waals surface area contributed by atoms with Crippen LogP contribution < -0.4 is 5.32 Å². The molecule has 6 aromatic rings. The average molecular weight is 499 g/mol. The predicted molar refractivity (Wildman–Crippen MR) is 137 cm³/mol. The number of fused-ring (bicyclic) bond motifs is 2. The molecule has 0 aliphatic heterocycles. The summed E-state index contributed by atoms with van der Waals surface area (Å²) in [6, 6.07) is 5.46. The number of anilines is 1. The molecule has 0 unspecified atom stereocenters. The molecule has 0 aliphatic rings. The Labute approximate surface area is 207 Å². The Hall–Kier alpha value is -4.51. The number of pyridine rings is 3. The molecular weight excluding hydrogens is 479 g/mol. The van der Waals surface area contributed by atoms with Crippen LogP contribution in [0, 0.1) is 11.7 Å². The molecule has 1 amide bonds. The van der Waals surface area contributed by atoms with E-state index in [4.69, 9.17) is 4.98 Å². The second-order valence-corrected chi connectivity index (χ2v) is 9.32. The highest BCUT2D eigenvalue weighted by molar-refractivity contribution is 7.08. The summed E-state index contributed by atoms with van der Waals surface area (Å²) in [6.07, 6.45) is 6.17. The minimum atomic E-state index is -0.519. The van der Waals surface area contributed by atoms with Crippen molar-refractivity contribution < 1.29 is 9.18 Å². The zero-order valence-corrected chi connectivity index (χ0v) is 20.0. The number of thiophene rings is 1. The summed E-state index contributed by atoms with van der Waals surface area (Å²) in [7, 11) is 0. The summed E-state index contributed by atoms with van der Waals surface area (Å²) in [5, 5.41) is 14.1. The van der Waals surface area contributed by atoms with Gasteiger partial charge in [-0.1, -0.05) is 13.8 Å². The first-order valence-electron chi connectivity index (χ1n) is 11.2. The van der Waals surface area contributed by atoms with E-state index in [-0.39, 0.29) is 22.8 Å². The van der Waals surface area contributed by atoms with E-state index < -0.39 is 5.82 Å². The van der Waals surface area contributed by atoms with Crippen molar-refractivity contribution in [2.75, 3.05) is 5.32 Å². The van der Waals surface area contributed by atoms with Crippen LogP contribution in [0.2, 0.25) is 0 Å². The third-order valence-electron chi connectivity index (χ3n) is 5.79. The van der Waals surface area contributed by atoms with Crippen LogP contribution in [-0.2, 0) is 4.79 Å². The summed E-state index contributed by atoms with van der Waals surface area (Å²) in [5.74, 6) is -0.471. The number of nitrogens with zero attached hydrogens (tertiary/aromatic N) is 5. The third kappa shape index (κ3) is 3.69. The van der Waals surface area contributed by atoms with E-state index in [0.717, 1.165) is 16.8 Å². The van der Waals surface area contributed by atoms with Crippen LogP contribution in [-0.4, -0.2) is 41.0 Å². The fourth-order valence-corrected chi connectivity index (χ4v) is 4.57. The Morgan fingerprint density at radius 3 is 2.81 bits per heavy atom. The maximum absolute atomic E-state index is 15.9. The third-order valence-corrected chi connectivity index (χ3v) is 6.47. The van der Waals surface area contributed by atoms with E-state index >= 15 is 4.39 Å². The quantitative estimate of drug-likeness (QED) is 0.291. The van der Waals surface area contributed by atoms with Gasteiger partial charge in [-0.05, 0) is 23.6 Å². The number of H-pyrrole nitrogens is 2. The summed E-state index contributed by atoms with van der Waals surface area (Å²) < 4.78 is 15.9. The summed E-state index contributed by atoms with van der Waals surface area (Å²) >= 11 is 1.57. The smallest absolute Gasteiger partial charge is 0.226 e. The van der Waals surface area contributed by atoms with Gasteiger partial charge in [-0.3, -0.25) is 19.9 Å². The first-order valence-corrected chi connectivity index (χ1v) is 12.1. The van der Waals surface area contributed by atoms with E-state index in [0.29, 0.717) is 33.9 Å². The van der Waals surface area contributed by atoms with E-state index in [2.05, 4.69) is 35.5 Å². The molecule has 6 heterocycles. The number of rotatable bonds is 5. The van der Waals surface area contributed by atoms with E-state index in [1.54, 1.807) is 37.4 Å². The van der Waals surface area contributed by atoms with Gasteiger partial charge in [-0.15, -0.1) is 0 Å². The Morgan fingerprint density at radius 2 is 2.00 bits per heavy atom. The minimum absolute atomic E-state index is 0.152. The number of aromatic nitrogens is 7. The molecule has 6 aromatic heterocycles. The van der Waals surface area contributed by atoms with Crippen molar-refractivity contribution in [2.24, 2.45) is 5.92 Å². The van der Waals surface area contributed by atoms with Gasteiger partial charge in [0.25, 0.3) is 0 Å². The van der Waals surface area contributed by atoms with Crippen molar-refractivity contribution in [3.8, 4) is 33.9 Å². The first-order chi connectivity index (χ1) is 17.5. The molecule has 0 aliphatic carbocycles. The van der Waals surface area contributed by atoms with Gasteiger partial charge in [-0.25, -0.2) is 14.4 Å². The number of halogens is 1. The van der Waals surface area contributed by atoms with Gasteiger partial charge in [0.1, 0.15) is 17.0 Å². The maximum atomic E-state index is 15.9. The zero-order valence-electron chi connectivity index (χ0n) is 19.2. The van der Waals surface area contributed by atoms with Crippen LogP contribution >= 0.6 is 11.3 Å². The molecule has 0 spiro atoms. The number of hydrogen-bond acceptors (Lipinski definition) is 7. The maximum Gasteiger partial charge on any atom is 0.226 e. The molecule has 178 valence electrons. The van der Waals surface area contributed by atoms with Crippen molar-refractivity contribution in [3.63, 3.8) is 0 Å². The molecular formula is C25H19FN8OS. The van der Waals surface area contributed by atoms with Crippen LogP contribution in [0.25, 0.3) is 56.0 Å². The number of imidazole rings is 1. The van der Waals surface area contributed by atoms with Crippen molar-refractivity contribution in [2.45, 2.75) is 13.8 Å². The number of carbonyl (C=O) groups is 1. The fraction of sp³-hybridized carbons (Fsp3) is 0.120. The SMILES string of the molecule is CC(C)C(=O)Nc1cncc(-c2cnc3[nH]nc(-c4nc5c(-c6ccsc6)nccc5[nH]4)c3c2F)c1. The Balaban J connectivity index is 1.46. The van der Waals surface area contributed by atoms with Gasteiger partial charge in [0, 0.05) is 46.6 Å². The zero-order chi connectivity index (χ0) is 24.8. The van der Waals surface area contributed by atoms with Crippen LogP contribution in [0.1, 0.15) is 13.8 Å². The van der Waals surface area contributed by atoms with Crippen LogP contribution in [0.4, 0.5) is 10.1 Å². The van der Waals surface area contributed by atoms with Crippen LogP contribution in [0.5, 0.6) is 0 Å². The van der Waals surface area contributed by atoms with Gasteiger partial charge in [-0.2, -0.15) is 16.4 Å². The number of amides is 1. The molecule has 11 heteroatoms. The Kier molecular flexibility index (Phi) is 5.26. The van der Waals surface area contributed by atoms with Gasteiger partial charge in [0.05, 0.1) is 28.5 Å². The summed E-state index contributed by atoms with van der Waals surface area (Å²) in [6.45, 7) is 3.59. The molecule has 0 aromatic carbocycles. The minimum Gasteiger partial charge on any atom is -0.336 e. The lowest BCUT2D eigenvalue weighted by Gasteiger charge is -2.09. The number of aromatic amines is 2. The second kappa shape index (κ2) is 8.61. The molecule has 0 saturated heterocycles. The molecule has 0 saturated carbocycles. The Morgan fingerprint density at radius 1 is 1.11 bits per heavy atom. The normalized spacial score (nSPS) is 11.6. The highest BCUT2D eigenvalue weighted by Crippen LogP contribution is 2.34. The van der Waals surface area contributed by atoms with Crippen molar-refractivity contribution in [1.29, 1.82) is 0 Å². The first kappa shape index (κ1) is 22.0. The van der Waals surface area contributed by atoms with E-state index in [1.807, 2.05) is 22.9 Å². The lowest BCUT2D eigenvalue weighted by molar-refractivity contribution is -0.118. The van der Waals surface area contributed by atoms with E-state index in [1.165, 1.54) is 18.6 Å². The highest BCUT2D eigenvalue weighted by atomic mass is 32.1. The Bertz CT molecular complexity index is 1740. The van der Waals surface area contributed by atoms with Crippen molar-refractivity contribution in [3.05, 3.63) is 59.6 Å². The predicted octanol–water partition coefficient (Wildman–Crippen LogP) is 5.42. The summed E-state index contributed by atoms with van der Waals surface area (Å²) in [4.78, 5) is 33.1. The number of carbonyl (C=O) groups excluding carboxylic acids is 1. The largest absolute Gasteiger partial charge is 0.336 e. The molecule has 0 bridgehead atoms. The monoisotopic (exact) mass is 498 g/mol. The second-order valence-electron chi connectivity index (χ2n) is 8.54. The lowest BCUT2D eigenvalue weighted by atomic mass is 10.1. The fourth-order valence-electron chi connectivity index (χ4n) is 3.93. The molecule has 0 atom stereocenters. The molecule has 36 heavy (non-hydrogen) atoms. The van der Waals surface area contributed by atoms with Gasteiger partial charge >= 0.3 is 0 Å². The van der Waals surface area contributed by atoms with Gasteiger partial charge in [0.2, 0.25) is 5.91 Å². The molecule has 6 rings (SSSR count). The molecule has 9 nitrogen and oxygen atoms in total. The number of hydrogen-bond donors (Lipinski definition) is 3. The average Bonchev–Trinajstić information content (AvgIpc) is 3.63. The van der Waals surface area contributed by atoms with E-state index in [9.17, 15) is 4.79 Å². The standard InChI is InChI=1S/C25H19FN8OS/c1-12(2)25(35)30-15-7-14(8-27-9-15)16-10-29-23-18(19(16)26)22(33-34-23)24-31-17-3-5-28-20(21(17)32-24)13-4-6-36-11-13/h3-12H,1-2H3,(H,30,35)(H,31,32)(H,29,33,34). The van der Waals surface area contributed by atoms with Gasteiger partial charge in [0.15, 0.2) is 11.5 Å². The van der Waals surface area contributed by atoms with Gasteiger partial charge < -0.3 is 10.3 Å². The number of nitrogens with one attached hydrogen (secondary N) is 3. The van der Waals surface area contributed by atoms with Crippen LogP contribution in [0.15, 0.2) is 53.7 Å². The van der Waals surface area contributed by atoms with Crippen molar-refractivity contribution >= 4 is 45.0 Å². The van der Waals surface area contributed by atoms with Crippen LogP contribution in [0.3, 0.4) is 0 Å². The molecule has 0 radical (unpaired) electrons. The van der Waals surface area contributed by atoms with Crippen molar-refractivity contribution in [1.82, 2.24) is 35.1 Å². The lowest BCUT2D eigenvalue weighted by Crippen LogP contribution is -2.17. The molecule has 0 fully saturated rings. The topological polar surface area (TPSA) is 125 Å².